The lowest BCUT2D eigenvalue weighted by molar-refractivity contribution is -0.138. The Labute approximate surface area is 230 Å². The molecule has 1 atom stereocenters. The fraction of sp³-hybridized carbons (Fsp3) is 0.308. The average Bonchev–Trinajstić information content (AvgIpc) is 3.61. The van der Waals surface area contributed by atoms with Gasteiger partial charge in [0.05, 0.1) is 28.6 Å². The minimum Gasteiger partial charge on any atom is -0.492 e. The van der Waals surface area contributed by atoms with Gasteiger partial charge in [0.2, 0.25) is 11.8 Å². The smallest absolute Gasteiger partial charge is 0.416 e. The number of thiazole rings is 1. The monoisotopic (exact) mass is 576 g/mol. The normalized spacial score (nSPS) is 17.7. The van der Waals surface area contributed by atoms with E-state index in [1.54, 1.807) is 24.4 Å². The number of alkyl halides is 3. The first-order valence-electron chi connectivity index (χ1n) is 12.0. The molecule has 1 amide bonds. The van der Waals surface area contributed by atoms with Crippen molar-refractivity contribution in [1.29, 1.82) is 0 Å². The predicted molar refractivity (Wildman–Crippen MR) is 144 cm³/mol. The van der Waals surface area contributed by atoms with Gasteiger partial charge < -0.3 is 15.7 Å². The Morgan fingerprint density at radius 1 is 1.28 bits per heavy atom. The van der Waals surface area contributed by atoms with Crippen LogP contribution >= 0.6 is 22.9 Å². The van der Waals surface area contributed by atoms with Crippen molar-refractivity contribution in [3.05, 3.63) is 73.6 Å². The van der Waals surface area contributed by atoms with Crippen LogP contribution in [0.15, 0.2) is 46.6 Å². The fourth-order valence-electron chi connectivity index (χ4n) is 4.86. The van der Waals surface area contributed by atoms with Crippen LogP contribution in [0.1, 0.15) is 28.0 Å². The molecule has 2 aliphatic rings. The fourth-order valence-corrected chi connectivity index (χ4v) is 6.09. The molecule has 5 rings (SSSR count). The Morgan fingerprint density at radius 2 is 2.08 bits per heavy atom. The van der Waals surface area contributed by atoms with Crippen LogP contribution < -0.4 is 21.2 Å². The number of amides is 1. The van der Waals surface area contributed by atoms with Crippen LogP contribution in [0.25, 0.3) is 5.57 Å². The van der Waals surface area contributed by atoms with Gasteiger partial charge in [-0.15, -0.1) is 0 Å². The van der Waals surface area contributed by atoms with Gasteiger partial charge in [-0.05, 0) is 47.0 Å². The SMILES string of the molecule is CN(c1nc(O)c(C(Cc2ccc(Cl)cc2C(F)(F)F)=c2ccc3c(c2)C=NN=3)s1)[C@@H]1CCN(CC(N)=O)C1. The summed E-state index contributed by atoms with van der Waals surface area (Å²) in [5.41, 5.74) is 5.70. The van der Waals surface area contributed by atoms with Crippen molar-refractivity contribution in [2.75, 3.05) is 31.6 Å². The van der Waals surface area contributed by atoms with E-state index < -0.39 is 17.6 Å². The summed E-state index contributed by atoms with van der Waals surface area (Å²) in [7, 11) is 1.84. The molecule has 0 saturated carbocycles. The summed E-state index contributed by atoms with van der Waals surface area (Å²) in [6.07, 6.45) is -2.41. The topological polar surface area (TPSA) is 107 Å². The van der Waals surface area contributed by atoms with E-state index in [0.29, 0.717) is 39.2 Å². The van der Waals surface area contributed by atoms with Gasteiger partial charge in [-0.1, -0.05) is 35.1 Å². The van der Waals surface area contributed by atoms with E-state index in [1.807, 2.05) is 16.8 Å². The summed E-state index contributed by atoms with van der Waals surface area (Å²) >= 11 is 7.10. The zero-order valence-electron chi connectivity index (χ0n) is 20.7. The number of benzene rings is 2. The van der Waals surface area contributed by atoms with Crippen LogP contribution in [-0.2, 0) is 17.4 Å². The van der Waals surface area contributed by atoms with E-state index >= 15 is 0 Å². The van der Waals surface area contributed by atoms with E-state index in [9.17, 15) is 23.1 Å². The molecule has 0 spiro atoms. The van der Waals surface area contributed by atoms with Gasteiger partial charge in [-0.25, -0.2) is 0 Å². The number of anilines is 1. The second kappa shape index (κ2) is 10.6. The molecule has 3 N–H and O–H groups in total. The second-order valence-corrected chi connectivity index (χ2v) is 10.9. The number of nitrogens with zero attached hydrogens (tertiary/aromatic N) is 5. The third-order valence-electron chi connectivity index (χ3n) is 6.83. The zero-order chi connectivity index (χ0) is 27.9. The molecule has 1 aromatic heterocycles. The molecular formula is C26H24ClF3N6O2S. The van der Waals surface area contributed by atoms with Gasteiger partial charge in [0.1, 0.15) is 0 Å². The summed E-state index contributed by atoms with van der Waals surface area (Å²) in [5.74, 6) is -0.676. The number of carbonyl (C=O) groups is 1. The maximum absolute atomic E-state index is 13.9. The summed E-state index contributed by atoms with van der Waals surface area (Å²) in [6, 6.07) is 8.98. The summed E-state index contributed by atoms with van der Waals surface area (Å²) < 4.78 is 41.8. The lowest BCUT2D eigenvalue weighted by atomic mass is 9.96. The number of nitrogens with two attached hydrogens (primary N) is 1. The average molecular weight is 577 g/mol. The molecule has 2 aliphatic heterocycles. The lowest BCUT2D eigenvalue weighted by Gasteiger charge is -2.23. The highest BCUT2D eigenvalue weighted by molar-refractivity contribution is 7.17. The number of aromatic hydroxyl groups is 1. The summed E-state index contributed by atoms with van der Waals surface area (Å²) in [5, 5.41) is 20.6. The molecule has 1 fully saturated rings. The quantitative estimate of drug-likeness (QED) is 0.450. The number of likely N-dealkylation sites (N-methyl/N-ethyl adjacent to an activating group) is 1. The van der Waals surface area contributed by atoms with Crippen LogP contribution in [0.4, 0.5) is 18.3 Å². The molecule has 0 unspecified atom stereocenters. The molecule has 0 radical (unpaired) electrons. The minimum absolute atomic E-state index is 0.0151. The second-order valence-electron chi connectivity index (χ2n) is 9.48. The third kappa shape index (κ3) is 5.77. The van der Waals surface area contributed by atoms with E-state index in [4.69, 9.17) is 17.3 Å². The molecular weight excluding hydrogens is 553 g/mol. The van der Waals surface area contributed by atoms with Crippen molar-refractivity contribution < 1.29 is 23.1 Å². The number of halogens is 4. The number of hydrogen-bond acceptors (Lipinski definition) is 8. The van der Waals surface area contributed by atoms with Crippen LogP contribution in [-0.4, -0.2) is 59.8 Å². The van der Waals surface area contributed by atoms with Gasteiger partial charge in [0.15, 0.2) is 5.13 Å². The highest BCUT2D eigenvalue weighted by Gasteiger charge is 2.34. The van der Waals surface area contributed by atoms with E-state index in [-0.39, 0.29) is 35.5 Å². The van der Waals surface area contributed by atoms with Crippen LogP contribution in [0.3, 0.4) is 0 Å². The lowest BCUT2D eigenvalue weighted by Crippen LogP contribution is -2.37. The van der Waals surface area contributed by atoms with Crippen molar-refractivity contribution >= 4 is 45.8 Å². The van der Waals surface area contributed by atoms with Gasteiger partial charge in [-0.3, -0.25) is 9.69 Å². The Hall–Kier alpha value is -3.48. The Balaban J connectivity index is 1.57. The summed E-state index contributed by atoms with van der Waals surface area (Å²) in [6.45, 7) is 1.45. The third-order valence-corrected chi connectivity index (χ3v) is 8.26. The largest absolute Gasteiger partial charge is 0.492 e. The first-order valence-corrected chi connectivity index (χ1v) is 13.2. The molecule has 204 valence electrons. The highest BCUT2D eigenvalue weighted by atomic mass is 35.5. The van der Waals surface area contributed by atoms with E-state index in [2.05, 4.69) is 15.2 Å². The molecule has 0 aliphatic carbocycles. The molecule has 39 heavy (non-hydrogen) atoms. The number of carbonyl (C=O) groups excluding carboxylic acids is 1. The van der Waals surface area contributed by atoms with Crippen molar-refractivity contribution in [2.45, 2.75) is 25.1 Å². The molecule has 3 heterocycles. The Kier molecular flexibility index (Phi) is 7.36. The van der Waals surface area contributed by atoms with Crippen molar-refractivity contribution in [3.8, 4) is 5.88 Å². The Bertz CT molecular complexity index is 1590. The molecule has 2 aromatic carbocycles. The summed E-state index contributed by atoms with van der Waals surface area (Å²) in [4.78, 5) is 19.9. The highest BCUT2D eigenvalue weighted by Crippen LogP contribution is 2.40. The van der Waals surface area contributed by atoms with Crippen LogP contribution in [0.5, 0.6) is 5.88 Å². The number of rotatable bonds is 7. The number of likely N-dealkylation sites (tertiary alicyclic amines) is 1. The van der Waals surface area contributed by atoms with Crippen molar-refractivity contribution in [2.24, 2.45) is 15.9 Å². The van der Waals surface area contributed by atoms with E-state index in [0.717, 1.165) is 18.1 Å². The first kappa shape index (κ1) is 27.1. The van der Waals surface area contributed by atoms with Gasteiger partial charge in [0.25, 0.3) is 0 Å². The number of hydrogen-bond donors (Lipinski definition) is 2. The predicted octanol–water partition coefficient (Wildman–Crippen LogP) is 2.93. The first-order chi connectivity index (χ1) is 18.5. The molecule has 1 saturated heterocycles. The van der Waals surface area contributed by atoms with Crippen LogP contribution in [0, 0.1) is 0 Å². The number of primary amides is 1. The zero-order valence-corrected chi connectivity index (χ0v) is 22.3. The number of aromatic nitrogens is 1. The molecule has 13 heteroatoms. The van der Waals surface area contributed by atoms with Crippen molar-refractivity contribution in [3.63, 3.8) is 0 Å². The maximum Gasteiger partial charge on any atom is 0.416 e. The minimum atomic E-state index is -4.62. The van der Waals surface area contributed by atoms with Crippen molar-refractivity contribution in [1.82, 2.24) is 9.88 Å². The molecule has 8 nitrogen and oxygen atoms in total. The molecule has 0 bridgehead atoms. The number of fused-ring (bicyclic) bond motifs is 1. The molecule has 3 aromatic rings. The van der Waals surface area contributed by atoms with Gasteiger partial charge in [-0.2, -0.15) is 28.4 Å². The van der Waals surface area contributed by atoms with Crippen LogP contribution in [0.2, 0.25) is 5.02 Å². The van der Waals surface area contributed by atoms with E-state index in [1.165, 1.54) is 23.5 Å². The standard InChI is InChI=1S/C26H24ClF3N6O2S/c1-35(18-6-7-36(12-18)13-22(31)37)25-33-24(38)23(39-25)19(14-3-5-21-16(8-14)11-32-34-21)9-15-2-4-17(27)10-20(15)26(28,29)30/h2-5,8,10-11,18,38H,6-7,9,12-13H2,1H3,(H2,31,37)/t18-/m1/s1. The Morgan fingerprint density at radius 3 is 2.82 bits per heavy atom. The van der Waals surface area contributed by atoms with Gasteiger partial charge in [0, 0.05) is 43.2 Å². The van der Waals surface area contributed by atoms with Gasteiger partial charge >= 0.3 is 6.18 Å². The maximum atomic E-state index is 13.9.